The molecule has 2 atom stereocenters. The van der Waals surface area contributed by atoms with Gasteiger partial charge in [0.15, 0.2) is 0 Å². The standard InChI is InChI=1S/C21H23ClN2O2/c22-17-8-6-16(7-9-17)19-13-23(12-15-4-2-1-3-5-15)14-20(19)24(21(25)26)18-10-11-18/h1-9,18-20H,10-14H2,(H,25,26)/t19-,20+/m0/s1. The molecule has 2 fully saturated rings. The molecular formula is C21H23ClN2O2. The molecule has 1 amide bonds. The van der Waals surface area contributed by atoms with Crippen molar-refractivity contribution in [1.29, 1.82) is 0 Å². The van der Waals surface area contributed by atoms with Gasteiger partial charge in [-0.25, -0.2) is 4.79 Å². The van der Waals surface area contributed by atoms with Gasteiger partial charge in [-0.3, -0.25) is 4.90 Å². The summed E-state index contributed by atoms with van der Waals surface area (Å²) >= 11 is 6.05. The van der Waals surface area contributed by atoms with Crippen molar-refractivity contribution in [3.8, 4) is 0 Å². The summed E-state index contributed by atoms with van der Waals surface area (Å²) in [6.45, 7) is 2.47. The van der Waals surface area contributed by atoms with E-state index in [1.807, 2.05) is 42.5 Å². The monoisotopic (exact) mass is 370 g/mol. The molecule has 2 aromatic rings. The summed E-state index contributed by atoms with van der Waals surface area (Å²) in [5.74, 6) is 0.174. The number of likely N-dealkylation sites (tertiary alicyclic amines) is 1. The molecule has 1 aliphatic carbocycles. The summed E-state index contributed by atoms with van der Waals surface area (Å²) in [6.07, 6.45) is 1.17. The number of carboxylic acid groups (broad SMARTS) is 1. The van der Waals surface area contributed by atoms with E-state index in [0.29, 0.717) is 5.02 Å². The van der Waals surface area contributed by atoms with Gasteiger partial charge in [-0.1, -0.05) is 54.1 Å². The quantitative estimate of drug-likeness (QED) is 0.845. The number of rotatable bonds is 5. The van der Waals surface area contributed by atoms with Gasteiger partial charge in [0.25, 0.3) is 0 Å². The van der Waals surface area contributed by atoms with Crippen LogP contribution in [0.1, 0.15) is 29.9 Å². The van der Waals surface area contributed by atoms with E-state index in [4.69, 9.17) is 11.6 Å². The van der Waals surface area contributed by atoms with Crippen molar-refractivity contribution < 1.29 is 9.90 Å². The highest BCUT2D eigenvalue weighted by Gasteiger charge is 2.45. The maximum absolute atomic E-state index is 12.0. The van der Waals surface area contributed by atoms with Gasteiger partial charge in [0.2, 0.25) is 0 Å². The molecule has 0 unspecified atom stereocenters. The molecule has 26 heavy (non-hydrogen) atoms. The van der Waals surface area contributed by atoms with Crippen molar-refractivity contribution in [2.45, 2.75) is 37.4 Å². The Hall–Kier alpha value is -2.04. The molecule has 1 heterocycles. The van der Waals surface area contributed by atoms with E-state index in [1.165, 1.54) is 11.1 Å². The van der Waals surface area contributed by atoms with Crippen LogP contribution in [-0.4, -0.2) is 46.2 Å². The van der Waals surface area contributed by atoms with Crippen LogP contribution in [0.5, 0.6) is 0 Å². The Kier molecular flexibility index (Phi) is 4.88. The molecule has 1 saturated carbocycles. The number of amides is 1. The van der Waals surface area contributed by atoms with Crippen molar-refractivity contribution in [2.75, 3.05) is 13.1 Å². The number of hydrogen-bond donors (Lipinski definition) is 1. The first kappa shape index (κ1) is 17.4. The fourth-order valence-electron chi connectivity index (χ4n) is 4.08. The van der Waals surface area contributed by atoms with E-state index in [0.717, 1.165) is 32.5 Å². The van der Waals surface area contributed by atoms with Crippen molar-refractivity contribution in [3.63, 3.8) is 0 Å². The largest absolute Gasteiger partial charge is 0.465 e. The SMILES string of the molecule is O=C(O)N(C1CC1)[C@@H]1CN(Cc2ccccc2)C[C@H]1c1ccc(Cl)cc1. The van der Waals surface area contributed by atoms with E-state index >= 15 is 0 Å². The predicted molar refractivity (Wildman–Crippen MR) is 103 cm³/mol. The summed E-state index contributed by atoms with van der Waals surface area (Å²) in [7, 11) is 0. The van der Waals surface area contributed by atoms with E-state index in [2.05, 4.69) is 17.0 Å². The van der Waals surface area contributed by atoms with Crippen LogP contribution >= 0.6 is 11.6 Å². The van der Waals surface area contributed by atoms with Gasteiger partial charge >= 0.3 is 6.09 Å². The molecule has 1 N–H and O–H groups in total. The van der Waals surface area contributed by atoms with E-state index in [-0.39, 0.29) is 18.0 Å². The first-order valence-corrected chi connectivity index (χ1v) is 9.52. The van der Waals surface area contributed by atoms with Gasteiger partial charge in [0.05, 0.1) is 6.04 Å². The zero-order valence-corrected chi connectivity index (χ0v) is 15.3. The van der Waals surface area contributed by atoms with Crippen LogP contribution in [0, 0.1) is 0 Å². The molecular weight excluding hydrogens is 348 g/mol. The summed E-state index contributed by atoms with van der Waals surface area (Å²) in [6, 6.07) is 18.4. The van der Waals surface area contributed by atoms with Crippen LogP contribution in [-0.2, 0) is 6.54 Å². The minimum Gasteiger partial charge on any atom is -0.465 e. The molecule has 2 aromatic carbocycles. The summed E-state index contributed by atoms with van der Waals surface area (Å²) in [5, 5.41) is 10.5. The third kappa shape index (κ3) is 3.71. The van der Waals surface area contributed by atoms with Gasteiger partial charge in [-0.2, -0.15) is 0 Å². The Morgan fingerprint density at radius 2 is 1.77 bits per heavy atom. The summed E-state index contributed by atoms with van der Waals surface area (Å²) in [5.41, 5.74) is 2.43. The van der Waals surface area contributed by atoms with Crippen molar-refractivity contribution >= 4 is 17.7 Å². The summed E-state index contributed by atoms with van der Waals surface area (Å²) in [4.78, 5) is 16.0. The molecule has 5 heteroatoms. The van der Waals surface area contributed by atoms with Crippen molar-refractivity contribution in [3.05, 3.63) is 70.7 Å². The lowest BCUT2D eigenvalue weighted by atomic mass is 9.93. The third-order valence-electron chi connectivity index (χ3n) is 5.43. The van der Waals surface area contributed by atoms with E-state index in [1.54, 1.807) is 4.90 Å². The molecule has 4 rings (SSSR count). The molecule has 0 spiro atoms. The van der Waals surface area contributed by atoms with Crippen LogP contribution in [0.15, 0.2) is 54.6 Å². The van der Waals surface area contributed by atoms with E-state index in [9.17, 15) is 9.90 Å². The maximum atomic E-state index is 12.0. The molecule has 1 aliphatic heterocycles. The van der Waals surface area contributed by atoms with Crippen LogP contribution in [0.3, 0.4) is 0 Å². The second kappa shape index (κ2) is 7.29. The van der Waals surface area contributed by atoms with Crippen LogP contribution in [0.25, 0.3) is 0 Å². The first-order valence-electron chi connectivity index (χ1n) is 9.15. The zero-order chi connectivity index (χ0) is 18.1. The normalized spacial score (nSPS) is 23.1. The average molecular weight is 371 g/mol. The van der Waals surface area contributed by atoms with Crippen LogP contribution < -0.4 is 0 Å². The number of hydrogen-bond acceptors (Lipinski definition) is 2. The minimum absolute atomic E-state index is 0.00936. The fraction of sp³-hybridized carbons (Fsp3) is 0.381. The molecule has 0 aromatic heterocycles. The highest BCUT2D eigenvalue weighted by atomic mass is 35.5. The highest BCUT2D eigenvalue weighted by Crippen LogP contribution is 2.38. The molecule has 136 valence electrons. The minimum atomic E-state index is -0.793. The van der Waals surface area contributed by atoms with Gasteiger partial charge < -0.3 is 10.0 Å². The number of halogens is 1. The lowest BCUT2D eigenvalue weighted by Gasteiger charge is -2.30. The third-order valence-corrected chi connectivity index (χ3v) is 5.68. The first-order chi connectivity index (χ1) is 12.6. The molecule has 4 nitrogen and oxygen atoms in total. The fourth-order valence-corrected chi connectivity index (χ4v) is 4.20. The van der Waals surface area contributed by atoms with Gasteiger partial charge in [-0.15, -0.1) is 0 Å². The molecule has 2 aliphatic rings. The number of benzene rings is 2. The lowest BCUT2D eigenvalue weighted by molar-refractivity contribution is 0.117. The lowest BCUT2D eigenvalue weighted by Crippen LogP contribution is -2.45. The number of nitrogens with zero attached hydrogens (tertiary/aromatic N) is 2. The second-order valence-electron chi connectivity index (χ2n) is 7.33. The van der Waals surface area contributed by atoms with Gasteiger partial charge in [0.1, 0.15) is 0 Å². The maximum Gasteiger partial charge on any atom is 0.407 e. The Labute approximate surface area is 159 Å². The van der Waals surface area contributed by atoms with Crippen LogP contribution in [0.2, 0.25) is 5.02 Å². The Balaban J connectivity index is 1.59. The zero-order valence-electron chi connectivity index (χ0n) is 14.6. The van der Waals surface area contributed by atoms with Crippen LogP contribution in [0.4, 0.5) is 4.79 Å². The summed E-state index contributed by atoms with van der Waals surface area (Å²) < 4.78 is 0. The Bertz CT molecular complexity index is 761. The molecule has 0 bridgehead atoms. The molecule has 0 radical (unpaired) electrons. The highest BCUT2D eigenvalue weighted by molar-refractivity contribution is 6.30. The average Bonchev–Trinajstić information content (AvgIpc) is 3.37. The van der Waals surface area contributed by atoms with Gasteiger partial charge in [0, 0.05) is 36.6 Å². The topological polar surface area (TPSA) is 43.8 Å². The molecule has 1 saturated heterocycles. The number of carbonyl (C=O) groups is 1. The van der Waals surface area contributed by atoms with Crippen molar-refractivity contribution in [2.24, 2.45) is 0 Å². The van der Waals surface area contributed by atoms with Gasteiger partial charge in [-0.05, 0) is 36.1 Å². The Morgan fingerprint density at radius 1 is 1.08 bits per heavy atom. The Morgan fingerprint density at radius 3 is 2.38 bits per heavy atom. The smallest absolute Gasteiger partial charge is 0.407 e. The second-order valence-corrected chi connectivity index (χ2v) is 7.76. The van der Waals surface area contributed by atoms with E-state index < -0.39 is 6.09 Å². The predicted octanol–water partition coefficient (Wildman–Crippen LogP) is 4.45. The van der Waals surface area contributed by atoms with Crippen molar-refractivity contribution in [1.82, 2.24) is 9.80 Å².